The molecule has 23 heavy (non-hydrogen) atoms. The average Bonchev–Trinajstić information content (AvgIpc) is 2.57. The van der Waals surface area contributed by atoms with E-state index in [0.717, 1.165) is 5.56 Å². The number of aryl methyl sites for hydroxylation is 1. The van der Waals surface area contributed by atoms with Gasteiger partial charge >= 0.3 is 0 Å². The molecule has 2 heterocycles. The first kappa shape index (κ1) is 15.1. The third kappa shape index (κ3) is 2.53. The molecule has 0 saturated heterocycles. The fourth-order valence-electron chi connectivity index (χ4n) is 2.70. The minimum Gasteiger partial charge on any atom is -0.493 e. The third-order valence-electron chi connectivity index (χ3n) is 3.96. The molecule has 3 rings (SSSR count). The molecule has 6 nitrogen and oxygen atoms in total. The Hall–Kier alpha value is -2.86. The number of pyridine rings is 1. The summed E-state index contributed by atoms with van der Waals surface area (Å²) >= 11 is 0. The van der Waals surface area contributed by atoms with E-state index in [1.807, 2.05) is 25.1 Å². The zero-order valence-electron chi connectivity index (χ0n) is 12.8. The van der Waals surface area contributed by atoms with Gasteiger partial charge in [0.25, 0.3) is 5.91 Å². The van der Waals surface area contributed by atoms with Gasteiger partial charge in [0, 0.05) is 36.3 Å². The summed E-state index contributed by atoms with van der Waals surface area (Å²) in [5.74, 6) is -0.601. The molecular weight excluding hydrogens is 294 g/mol. The summed E-state index contributed by atoms with van der Waals surface area (Å²) in [7, 11) is 1.68. The highest BCUT2D eigenvalue weighted by Gasteiger charge is 2.32. The summed E-state index contributed by atoms with van der Waals surface area (Å²) in [4.78, 5) is 17.7. The fourth-order valence-corrected chi connectivity index (χ4v) is 2.70. The van der Waals surface area contributed by atoms with Gasteiger partial charge in [-0.1, -0.05) is 12.1 Å². The van der Waals surface area contributed by atoms with E-state index < -0.39 is 12.0 Å². The van der Waals surface area contributed by atoms with Crippen LogP contribution < -0.4 is 10.2 Å². The number of hydrogen-bond donors (Lipinski definition) is 3. The molecular formula is C17H17N3O3. The molecule has 1 aliphatic heterocycles. The lowest BCUT2D eigenvalue weighted by Gasteiger charge is -2.33. The van der Waals surface area contributed by atoms with Gasteiger partial charge in [0.2, 0.25) is 5.88 Å². The van der Waals surface area contributed by atoms with Crippen molar-refractivity contribution in [3.05, 3.63) is 71.0 Å². The lowest BCUT2D eigenvalue weighted by molar-refractivity contribution is 0.0940. The normalized spacial score (nSPS) is 17.0. The van der Waals surface area contributed by atoms with E-state index >= 15 is 0 Å². The van der Waals surface area contributed by atoms with E-state index in [1.54, 1.807) is 19.2 Å². The van der Waals surface area contributed by atoms with Gasteiger partial charge in [-0.3, -0.25) is 9.78 Å². The van der Waals surface area contributed by atoms with Crippen LogP contribution in [0, 0.1) is 6.92 Å². The van der Waals surface area contributed by atoms with Crippen molar-refractivity contribution in [2.24, 2.45) is 0 Å². The van der Waals surface area contributed by atoms with Crippen LogP contribution in [-0.2, 0) is 0 Å². The summed E-state index contributed by atoms with van der Waals surface area (Å²) < 4.78 is 0. The Morgan fingerprint density at radius 2 is 1.96 bits per heavy atom. The number of anilines is 1. The van der Waals surface area contributed by atoms with Crippen LogP contribution in [0.1, 0.15) is 27.6 Å². The molecule has 0 bridgehead atoms. The second-order valence-corrected chi connectivity index (χ2v) is 5.40. The van der Waals surface area contributed by atoms with Gasteiger partial charge in [0.15, 0.2) is 0 Å². The number of carbonyl (C=O) groups excluding carboxylic acids is 1. The third-order valence-corrected chi connectivity index (χ3v) is 3.96. The van der Waals surface area contributed by atoms with Crippen LogP contribution in [0.2, 0.25) is 0 Å². The maximum Gasteiger partial charge on any atom is 0.255 e. The number of carbonyl (C=O) groups is 1. The number of benzene rings is 1. The van der Waals surface area contributed by atoms with Gasteiger partial charge in [0.05, 0.1) is 0 Å². The molecule has 0 aliphatic carbocycles. The van der Waals surface area contributed by atoms with Crippen molar-refractivity contribution in [3.63, 3.8) is 0 Å². The molecule has 2 aromatic rings. The number of nitrogens with zero attached hydrogens (tertiary/aromatic N) is 2. The Morgan fingerprint density at radius 1 is 1.26 bits per heavy atom. The molecule has 1 aromatic carbocycles. The predicted molar refractivity (Wildman–Crippen MR) is 85.9 cm³/mol. The molecule has 1 aliphatic rings. The average molecular weight is 311 g/mol. The number of aliphatic hydroxyl groups is 2. The van der Waals surface area contributed by atoms with Gasteiger partial charge < -0.3 is 20.4 Å². The van der Waals surface area contributed by atoms with Crippen LogP contribution in [0.25, 0.3) is 0 Å². The minimum atomic E-state index is -1.10. The van der Waals surface area contributed by atoms with Crippen LogP contribution >= 0.6 is 0 Å². The summed E-state index contributed by atoms with van der Waals surface area (Å²) in [5, 5.41) is 23.6. The lowest BCUT2D eigenvalue weighted by Crippen LogP contribution is -2.36. The predicted octanol–water partition coefficient (Wildman–Crippen LogP) is 2.03. The standard InChI is InChI=1S/C17H17N3O3/c1-10-4-3-5-12-13(10)15(21)14(17(23)20(12)2)19-16(22)11-6-8-18-9-7-11/h3-9,15,21,23H,1-2H3,(H,19,22). The molecule has 0 spiro atoms. The maximum absolute atomic E-state index is 12.3. The van der Waals surface area contributed by atoms with Gasteiger partial charge in [-0.2, -0.15) is 0 Å². The minimum absolute atomic E-state index is 0.0658. The first-order chi connectivity index (χ1) is 11.0. The second-order valence-electron chi connectivity index (χ2n) is 5.40. The summed E-state index contributed by atoms with van der Waals surface area (Å²) in [6.45, 7) is 1.88. The molecule has 0 saturated carbocycles. The highest BCUT2D eigenvalue weighted by molar-refractivity contribution is 5.95. The van der Waals surface area contributed by atoms with Crippen LogP contribution in [0.4, 0.5) is 5.69 Å². The molecule has 1 atom stereocenters. The van der Waals surface area contributed by atoms with Gasteiger partial charge in [0.1, 0.15) is 11.8 Å². The first-order valence-electron chi connectivity index (χ1n) is 7.16. The van der Waals surface area contributed by atoms with E-state index in [9.17, 15) is 15.0 Å². The van der Waals surface area contributed by atoms with Gasteiger partial charge in [-0.15, -0.1) is 0 Å². The number of aliphatic hydroxyl groups excluding tert-OH is 2. The Labute approximate surface area is 133 Å². The smallest absolute Gasteiger partial charge is 0.255 e. The summed E-state index contributed by atoms with van der Waals surface area (Å²) in [6.07, 6.45) is 1.91. The number of amides is 1. The number of rotatable bonds is 2. The number of hydrogen-bond acceptors (Lipinski definition) is 5. The molecule has 1 aromatic heterocycles. The lowest BCUT2D eigenvalue weighted by atomic mass is 9.95. The number of aromatic nitrogens is 1. The van der Waals surface area contributed by atoms with Crippen molar-refractivity contribution in [2.45, 2.75) is 13.0 Å². The van der Waals surface area contributed by atoms with Crippen molar-refractivity contribution in [1.82, 2.24) is 10.3 Å². The molecule has 0 fully saturated rings. The molecule has 3 N–H and O–H groups in total. The topological polar surface area (TPSA) is 85.7 Å². The monoisotopic (exact) mass is 311 g/mol. The van der Waals surface area contributed by atoms with E-state index in [-0.39, 0.29) is 11.6 Å². The Bertz CT molecular complexity index is 787. The second kappa shape index (κ2) is 5.73. The summed E-state index contributed by atoms with van der Waals surface area (Å²) in [5.41, 5.74) is 2.71. The molecule has 0 radical (unpaired) electrons. The van der Waals surface area contributed by atoms with E-state index in [1.165, 1.54) is 17.3 Å². The van der Waals surface area contributed by atoms with Gasteiger partial charge in [-0.25, -0.2) is 0 Å². The zero-order valence-corrected chi connectivity index (χ0v) is 12.8. The van der Waals surface area contributed by atoms with E-state index in [0.29, 0.717) is 16.8 Å². The quantitative estimate of drug-likeness (QED) is 0.790. The Morgan fingerprint density at radius 3 is 2.65 bits per heavy atom. The molecule has 1 amide bonds. The van der Waals surface area contributed by atoms with E-state index in [2.05, 4.69) is 10.3 Å². The largest absolute Gasteiger partial charge is 0.493 e. The van der Waals surface area contributed by atoms with Crippen molar-refractivity contribution in [3.8, 4) is 0 Å². The van der Waals surface area contributed by atoms with Crippen molar-refractivity contribution < 1.29 is 15.0 Å². The fraction of sp³-hybridized carbons (Fsp3) is 0.176. The van der Waals surface area contributed by atoms with Crippen molar-refractivity contribution in [2.75, 3.05) is 11.9 Å². The van der Waals surface area contributed by atoms with Crippen LogP contribution in [-0.4, -0.2) is 28.2 Å². The van der Waals surface area contributed by atoms with Gasteiger partial charge in [-0.05, 0) is 30.7 Å². The maximum atomic E-state index is 12.3. The summed E-state index contributed by atoms with van der Waals surface area (Å²) in [6, 6.07) is 8.66. The molecule has 1 unspecified atom stereocenters. The SMILES string of the molecule is Cc1cccc2c1C(O)C(NC(=O)c1ccncc1)=C(O)N2C. The van der Waals surface area contributed by atoms with E-state index in [4.69, 9.17) is 0 Å². The highest BCUT2D eigenvalue weighted by atomic mass is 16.3. The molecule has 6 heteroatoms. The first-order valence-corrected chi connectivity index (χ1v) is 7.16. The Balaban J connectivity index is 1.98. The molecule has 118 valence electrons. The van der Waals surface area contributed by atoms with Crippen molar-refractivity contribution in [1.29, 1.82) is 0 Å². The van der Waals surface area contributed by atoms with Crippen molar-refractivity contribution >= 4 is 11.6 Å². The van der Waals surface area contributed by atoms with Crippen LogP contribution in [0.5, 0.6) is 0 Å². The van der Waals surface area contributed by atoms with Crippen LogP contribution in [0.3, 0.4) is 0 Å². The Kier molecular flexibility index (Phi) is 3.75. The highest BCUT2D eigenvalue weighted by Crippen LogP contribution is 2.38. The van der Waals surface area contributed by atoms with Crippen LogP contribution in [0.15, 0.2) is 54.3 Å². The number of fused-ring (bicyclic) bond motifs is 1. The number of nitrogens with one attached hydrogen (secondary N) is 1. The zero-order chi connectivity index (χ0) is 16.6.